The molecule has 0 fully saturated rings. The van der Waals surface area contributed by atoms with Gasteiger partial charge in [-0.15, -0.1) is 0 Å². The summed E-state index contributed by atoms with van der Waals surface area (Å²) in [6.45, 7) is 20.8. The largest absolute Gasteiger partial charge is 0.467 e. The second kappa shape index (κ2) is 11.0. The lowest BCUT2D eigenvalue weighted by Gasteiger charge is -2.31. The summed E-state index contributed by atoms with van der Waals surface area (Å²) in [5.74, 6) is 1.71. The molecule has 0 bridgehead atoms. The van der Waals surface area contributed by atoms with Gasteiger partial charge < -0.3 is 9.47 Å². The second-order valence-corrected chi connectivity index (χ2v) is 15.7. The minimum atomic E-state index is -1.78. The first-order valence-electron chi connectivity index (χ1n) is 18.5. The Labute approximate surface area is 298 Å². The van der Waals surface area contributed by atoms with Gasteiger partial charge >= 0.3 is 0 Å². The molecule has 50 heavy (non-hydrogen) atoms. The Morgan fingerprint density at radius 3 is 2.46 bits per heavy atom. The maximum atomic E-state index is 9.36. The highest BCUT2D eigenvalue weighted by Gasteiger charge is 2.59. The Morgan fingerprint density at radius 1 is 0.920 bits per heavy atom. The Balaban J connectivity index is 1.21. The van der Waals surface area contributed by atoms with Crippen molar-refractivity contribution in [2.45, 2.75) is 98.1 Å². The number of aryl methyl sites for hydroxylation is 2. The topological polar surface area (TPSA) is 61.5 Å². The third kappa shape index (κ3) is 4.94. The smallest absolute Gasteiger partial charge is 0.237 e. The van der Waals surface area contributed by atoms with Gasteiger partial charge in [-0.25, -0.2) is 15.0 Å². The third-order valence-electron chi connectivity index (χ3n) is 10.7. The van der Waals surface area contributed by atoms with Crippen LogP contribution in [0.25, 0.3) is 27.6 Å². The van der Waals surface area contributed by atoms with Crippen molar-refractivity contribution in [1.29, 1.82) is 0 Å². The van der Waals surface area contributed by atoms with E-state index in [2.05, 4.69) is 82.5 Å². The molecule has 6 heteroatoms. The molecule has 1 aliphatic heterocycles. The van der Waals surface area contributed by atoms with E-state index in [1.54, 1.807) is 0 Å². The zero-order chi connectivity index (χ0) is 37.1. The Hall–Kier alpha value is -4.97. The molecular formula is C44H46N4O2. The summed E-state index contributed by atoms with van der Waals surface area (Å²) in [4.78, 5) is 15.0. The number of pyridine rings is 2. The molecule has 0 spiro atoms. The molecule has 4 heterocycles. The van der Waals surface area contributed by atoms with Gasteiger partial charge in [0.15, 0.2) is 0 Å². The van der Waals surface area contributed by atoms with Crippen LogP contribution in [-0.2, 0) is 22.1 Å². The third-order valence-corrected chi connectivity index (χ3v) is 10.7. The fourth-order valence-corrected chi connectivity index (χ4v) is 7.44. The lowest BCUT2D eigenvalue weighted by molar-refractivity contribution is 0.0473. The van der Waals surface area contributed by atoms with Crippen LogP contribution < -0.4 is 4.74 Å². The SMILES string of the molecule is [2H]C1([2H])c2c(ccc(C)c2C)[C@@]2(C)N=C(c3cc(Oc4cc(C)cc(-n5c6ccc(C(C)(C)C)cc6c6cccnc65)c4)cc(C(C)C)n3)O[C@@]12C. The predicted molar refractivity (Wildman–Crippen MR) is 203 cm³/mol. The quantitative estimate of drug-likeness (QED) is 0.184. The van der Waals surface area contributed by atoms with Crippen molar-refractivity contribution < 1.29 is 12.2 Å². The molecule has 3 aromatic heterocycles. The van der Waals surface area contributed by atoms with Crippen LogP contribution in [0.15, 0.2) is 84.0 Å². The molecule has 6 aromatic rings. The molecule has 0 unspecified atom stereocenters. The van der Waals surface area contributed by atoms with Crippen molar-refractivity contribution in [3.8, 4) is 17.2 Å². The van der Waals surface area contributed by atoms with E-state index in [0.717, 1.165) is 50.2 Å². The van der Waals surface area contributed by atoms with Gasteiger partial charge in [-0.3, -0.25) is 4.57 Å². The molecule has 8 rings (SSSR count). The fraction of sp³-hybridized carbons (Fsp3) is 0.341. The number of aliphatic imine (C=N–C) groups is 1. The monoisotopic (exact) mass is 664 g/mol. The van der Waals surface area contributed by atoms with Crippen molar-refractivity contribution in [2.75, 3.05) is 0 Å². The number of hydrogen-bond donors (Lipinski definition) is 0. The van der Waals surface area contributed by atoms with Gasteiger partial charge in [0.1, 0.15) is 34.0 Å². The van der Waals surface area contributed by atoms with Crippen LogP contribution in [0.1, 0.15) is 102 Å². The molecule has 0 saturated heterocycles. The van der Waals surface area contributed by atoms with E-state index in [-0.39, 0.29) is 11.3 Å². The molecule has 1 aliphatic carbocycles. The zero-order valence-electron chi connectivity index (χ0n) is 32.7. The first-order valence-corrected chi connectivity index (χ1v) is 17.5. The van der Waals surface area contributed by atoms with Crippen molar-refractivity contribution in [2.24, 2.45) is 4.99 Å². The molecule has 2 atom stereocenters. The average Bonchev–Trinajstić information content (AvgIpc) is 3.61. The first kappa shape index (κ1) is 29.9. The Bertz CT molecular complexity index is 2490. The summed E-state index contributed by atoms with van der Waals surface area (Å²) in [6, 6.07) is 25.0. The van der Waals surface area contributed by atoms with Crippen molar-refractivity contribution >= 4 is 27.8 Å². The lowest BCUT2D eigenvalue weighted by atomic mass is 9.84. The van der Waals surface area contributed by atoms with E-state index >= 15 is 0 Å². The van der Waals surface area contributed by atoms with Crippen LogP contribution in [0.4, 0.5) is 0 Å². The highest BCUT2D eigenvalue weighted by molar-refractivity contribution is 6.08. The maximum absolute atomic E-state index is 9.36. The molecule has 254 valence electrons. The van der Waals surface area contributed by atoms with Crippen LogP contribution in [0.3, 0.4) is 0 Å². The number of benzene rings is 3. The van der Waals surface area contributed by atoms with Crippen molar-refractivity contribution in [3.05, 3.63) is 124 Å². The lowest BCUT2D eigenvalue weighted by Crippen LogP contribution is -2.41. The van der Waals surface area contributed by atoms with E-state index in [1.165, 1.54) is 10.9 Å². The van der Waals surface area contributed by atoms with Crippen LogP contribution in [0.5, 0.6) is 11.5 Å². The van der Waals surface area contributed by atoms with Gasteiger partial charge in [-0.1, -0.05) is 52.8 Å². The van der Waals surface area contributed by atoms with Crippen molar-refractivity contribution in [1.82, 2.24) is 14.5 Å². The Kier molecular flexibility index (Phi) is 6.59. The van der Waals surface area contributed by atoms with Gasteiger partial charge in [0, 0.05) is 50.0 Å². The van der Waals surface area contributed by atoms with Crippen molar-refractivity contribution in [3.63, 3.8) is 0 Å². The van der Waals surface area contributed by atoms with Gasteiger partial charge in [0.05, 0.1) is 11.2 Å². The number of hydrogen-bond acceptors (Lipinski definition) is 5. The van der Waals surface area contributed by atoms with E-state index in [9.17, 15) is 2.74 Å². The molecule has 0 N–H and O–H groups in total. The first-order chi connectivity index (χ1) is 24.4. The van der Waals surface area contributed by atoms with E-state index in [0.29, 0.717) is 28.7 Å². The minimum Gasteiger partial charge on any atom is -0.467 e. The van der Waals surface area contributed by atoms with E-state index < -0.39 is 17.5 Å². The van der Waals surface area contributed by atoms with Crippen LogP contribution in [-0.4, -0.2) is 26.0 Å². The van der Waals surface area contributed by atoms with Crippen LogP contribution >= 0.6 is 0 Å². The van der Waals surface area contributed by atoms with Gasteiger partial charge in [-0.2, -0.15) is 0 Å². The van der Waals surface area contributed by atoms with Gasteiger partial charge in [0.2, 0.25) is 5.90 Å². The molecule has 2 aliphatic rings. The molecule has 0 amide bonds. The number of nitrogens with zero attached hydrogens (tertiary/aromatic N) is 4. The summed E-state index contributed by atoms with van der Waals surface area (Å²) in [5, 5.41) is 2.27. The number of fused-ring (bicyclic) bond motifs is 6. The van der Waals surface area contributed by atoms with E-state index in [1.807, 2.05) is 70.3 Å². The molecular weight excluding hydrogens is 617 g/mol. The average molecular weight is 665 g/mol. The maximum Gasteiger partial charge on any atom is 0.237 e. The van der Waals surface area contributed by atoms with Crippen LogP contribution in [0.2, 0.25) is 0 Å². The predicted octanol–water partition coefficient (Wildman–Crippen LogP) is 10.7. The minimum absolute atomic E-state index is 0.0188. The summed E-state index contributed by atoms with van der Waals surface area (Å²) < 4.78 is 34.3. The molecule has 0 saturated carbocycles. The summed E-state index contributed by atoms with van der Waals surface area (Å²) in [6.07, 6.45) is 0.0675. The van der Waals surface area contributed by atoms with Gasteiger partial charge in [-0.05, 0) is 116 Å². The normalized spacial score (nSPS) is 21.5. The molecule has 6 nitrogen and oxygen atoms in total. The summed E-state index contributed by atoms with van der Waals surface area (Å²) >= 11 is 0. The molecule has 3 aromatic carbocycles. The summed E-state index contributed by atoms with van der Waals surface area (Å²) in [5.41, 5.74) is 7.96. The Morgan fingerprint density at radius 2 is 1.70 bits per heavy atom. The zero-order valence-corrected chi connectivity index (χ0v) is 30.7. The van der Waals surface area contributed by atoms with E-state index in [4.69, 9.17) is 24.4 Å². The second-order valence-electron chi connectivity index (χ2n) is 15.7. The standard InChI is InChI=1S/C44H46N4O2/c1-25(2)37-22-32(23-38(46-37)41-47-44(10)36-15-13-27(4)28(5)35(36)24-43(44,9)50-41)49-31-19-26(3)18-30(21-31)48-39-16-14-29(42(6,7)8)20-34(39)33-12-11-17-45-40(33)48/h11-23,25H,24H2,1-10H3/t43-,44+/m0/s1/i24D2. The number of aromatic nitrogens is 3. The van der Waals surface area contributed by atoms with Gasteiger partial charge in [0.25, 0.3) is 0 Å². The number of rotatable bonds is 5. The fourth-order valence-electron chi connectivity index (χ4n) is 7.44. The number of ether oxygens (including phenoxy) is 2. The molecule has 0 radical (unpaired) electrons. The van der Waals surface area contributed by atoms with Crippen LogP contribution in [0, 0.1) is 20.8 Å². The highest BCUT2D eigenvalue weighted by Crippen LogP contribution is 2.54. The highest BCUT2D eigenvalue weighted by atomic mass is 16.5. The summed E-state index contributed by atoms with van der Waals surface area (Å²) in [7, 11) is 0.